The van der Waals surface area contributed by atoms with Crippen LogP contribution < -0.4 is 27.4 Å². The molecule has 198 valence electrons. The predicted molar refractivity (Wildman–Crippen MR) is 122 cm³/mol. The summed E-state index contributed by atoms with van der Waals surface area (Å²) in [5.41, 5.74) is 10.5. The Morgan fingerprint density at radius 2 is 1.40 bits per heavy atom. The van der Waals surface area contributed by atoms with Gasteiger partial charge in [0.2, 0.25) is 35.2 Å². The summed E-state index contributed by atoms with van der Waals surface area (Å²) in [4.78, 5) is 83.8. The minimum atomic E-state index is -1.72. The molecular formula is C20H32ClN5O9. The zero-order valence-corrected chi connectivity index (χ0v) is 20.2. The number of ketones is 2. The van der Waals surface area contributed by atoms with Crippen LogP contribution in [0.15, 0.2) is 0 Å². The average molecular weight is 522 g/mol. The molecule has 0 saturated heterocycles. The summed E-state index contributed by atoms with van der Waals surface area (Å²) in [6.45, 7) is 2.72. The van der Waals surface area contributed by atoms with Gasteiger partial charge >= 0.3 is 5.97 Å². The fourth-order valence-electron chi connectivity index (χ4n) is 2.81. The molecule has 0 radical (unpaired) electrons. The van der Waals surface area contributed by atoms with E-state index in [0.29, 0.717) is 0 Å². The second-order valence-corrected chi connectivity index (χ2v) is 8.39. The number of nitrogens with two attached hydrogens (primary N) is 2. The Bertz CT molecular complexity index is 821. The Morgan fingerprint density at radius 3 is 1.86 bits per heavy atom. The minimum Gasteiger partial charge on any atom is -0.481 e. The van der Waals surface area contributed by atoms with Crippen LogP contribution in [0.1, 0.15) is 39.5 Å². The fraction of sp³-hybridized carbons (Fsp3) is 0.650. The Morgan fingerprint density at radius 1 is 0.886 bits per heavy atom. The zero-order chi connectivity index (χ0) is 27.3. The number of primary amides is 1. The molecule has 0 bridgehead atoms. The third-order valence-electron chi connectivity index (χ3n) is 4.59. The molecule has 0 aromatic heterocycles. The molecule has 9 N–H and O–H groups in total. The molecule has 4 amide bonds. The van der Waals surface area contributed by atoms with Crippen LogP contribution in [0.3, 0.4) is 0 Å². The largest absolute Gasteiger partial charge is 0.481 e. The molecule has 4 atom stereocenters. The third kappa shape index (κ3) is 12.2. The van der Waals surface area contributed by atoms with Gasteiger partial charge in [0.25, 0.3) is 0 Å². The van der Waals surface area contributed by atoms with Crippen LogP contribution in [-0.4, -0.2) is 88.0 Å². The molecular weight excluding hydrogens is 490 g/mol. The monoisotopic (exact) mass is 521 g/mol. The van der Waals surface area contributed by atoms with Gasteiger partial charge in [-0.3, -0.25) is 33.6 Å². The lowest BCUT2D eigenvalue weighted by atomic mass is 10.00. The van der Waals surface area contributed by atoms with Gasteiger partial charge in [-0.1, -0.05) is 13.8 Å². The van der Waals surface area contributed by atoms with Gasteiger partial charge < -0.3 is 37.6 Å². The van der Waals surface area contributed by atoms with E-state index in [1.165, 1.54) is 0 Å². The van der Waals surface area contributed by atoms with Crippen molar-refractivity contribution in [1.82, 2.24) is 16.0 Å². The molecule has 0 aliphatic heterocycles. The standard InChI is InChI=1S/C20H32ClN5O9/c1-9(2)5-13(20(35)25-12(6-16(30)31)17(32)14(28)7-21)26-19(34)11(3-4-15(23)29)24-18(33)10(22)8-27/h9-13,27H,3-8,22H2,1-2H3,(H2,23,29)(H,24,33)(H,25,35)(H,26,34)(H,30,31)/t10-,11-,12-,13-/m0/s1. The number of carbonyl (C=O) groups is 7. The number of carbonyl (C=O) groups excluding carboxylic acids is 6. The average Bonchev–Trinajstić information content (AvgIpc) is 2.77. The topological polar surface area (TPSA) is 248 Å². The molecule has 0 fully saturated rings. The Hall–Kier alpha value is -3.10. The summed E-state index contributed by atoms with van der Waals surface area (Å²) in [6, 6.07) is -5.73. The van der Waals surface area contributed by atoms with Crippen LogP contribution >= 0.6 is 11.6 Å². The Labute approximate surface area is 206 Å². The lowest BCUT2D eigenvalue weighted by Gasteiger charge is -2.26. The van der Waals surface area contributed by atoms with Crippen molar-refractivity contribution in [3.63, 3.8) is 0 Å². The number of aliphatic carboxylic acids is 1. The molecule has 0 rings (SSSR count). The van der Waals surface area contributed by atoms with Crippen molar-refractivity contribution in [2.75, 3.05) is 12.5 Å². The number of aliphatic hydroxyl groups excluding tert-OH is 1. The number of halogens is 1. The second kappa shape index (κ2) is 15.7. The Kier molecular flexibility index (Phi) is 14.3. The van der Waals surface area contributed by atoms with Crippen molar-refractivity contribution in [1.29, 1.82) is 0 Å². The SMILES string of the molecule is CC(C)C[C@H](NC(=O)[C@H](CCC(N)=O)NC(=O)[C@@H](N)CO)C(=O)N[C@@H](CC(=O)O)C(=O)C(=O)CCl. The molecule has 15 heteroatoms. The van der Waals surface area contributed by atoms with Gasteiger partial charge in [-0.25, -0.2) is 0 Å². The van der Waals surface area contributed by atoms with Crippen molar-refractivity contribution in [2.24, 2.45) is 17.4 Å². The number of amides is 4. The number of nitrogens with one attached hydrogen (secondary N) is 3. The van der Waals surface area contributed by atoms with Crippen LogP contribution in [0.5, 0.6) is 0 Å². The van der Waals surface area contributed by atoms with Gasteiger partial charge in [0, 0.05) is 6.42 Å². The number of carboxylic acid groups (broad SMARTS) is 1. The molecule has 0 aliphatic rings. The third-order valence-corrected chi connectivity index (χ3v) is 4.84. The van der Waals surface area contributed by atoms with Gasteiger partial charge in [0.15, 0.2) is 0 Å². The second-order valence-electron chi connectivity index (χ2n) is 8.13. The minimum absolute atomic E-state index is 0.0294. The highest BCUT2D eigenvalue weighted by molar-refractivity contribution is 6.48. The summed E-state index contributed by atoms with van der Waals surface area (Å²) in [5.74, 6) is -8.19. The van der Waals surface area contributed by atoms with E-state index in [1.807, 2.05) is 0 Å². The quantitative estimate of drug-likeness (QED) is 0.0750. The van der Waals surface area contributed by atoms with Crippen molar-refractivity contribution < 1.29 is 43.8 Å². The first-order chi connectivity index (χ1) is 16.2. The number of hydrogen-bond acceptors (Lipinski definition) is 9. The molecule has 35 heavy (non-hydrogen) atoms. The predicted octanol–water partition coefficient (Wildman–Crippen LogP) is -3.08. The lowest BCUT2D eigenvalue weighted by molar-refractivity contribution is -0.143. The molecule has 14 nitrogen and oxygen atoms in total. The molecule has 0 spiro atoms. The van der Waals surface area contributed by atoms with Crippen molar-refractivity contribution in [3.05, 3.63) is 0 Å². The highest BCUT2D eigenvalue weighted by Gasteiger charge is 2.33. The van der Waals surface area contributed by atoms with E-state index in [1.54, 1.807) is 13.8 Å². The van der Waals surface area contributed by atoms with Crippen LogP contribution in [0.25, 0.3) is 0 Å². The van der Waals surface area contributed by atoms with Crippen LogP contribution in [-0.2, 0) is 33.6 Å². The van der Waals surface area contributed by atoms with Crippen molar-refractivity contribution in [2.45, 2.75) is 63.7 Å². The molecule has 0 saturated carbocycles. The van der Waals surface area contributed by atoms with Crippen LogP contribution in [0.4, 0.5) is 0 Å². The highest BCUT2D eigenvalue weighted by Crippen LogP contribution is 2.08. The first-order valence-corrected chi connectivity index (χ1v) is 11.2. The number of alkyl halides is 1. The summed E-state index contributed by atoms with van der Waals surface area (Å²) >= 11 is 5.35. The van der Waals surface area contributed by atoms with E-state index < -0.39 is 84.2 Å². The molecule has 0 heterocycles. The van der Waals surface area contributed by atoms with E-state index in [0.717, 1.165) is 0 Å². The van der Waals surface area contributed by atoms with E-state index in [-0.39, 0.29) is 25.2 Å². The molecule has 0 aromatic rings. The summed E-state index contributed by atoms with van der Waals surface area (Å²) in [5, 5.41) is 24.9. The highest BCUT2D eigenvalue weighted by atomic mass is 35.5. The lowest BCUT2D eigenvalue weighted by Crippen LogP contribution is -2.58. The van der Waals surface area contributed by atoms with Gasteiger partial charge in [-0.05, 0) is 18.8 Å². The van der Waals surface area contributed by atoms with Gasteiger partial charge in [-0.15, -0.1) is 11.6 Å². The first kappa shape index (κ1) is 31.9. The summed E-state index contributed by atoms with van der Waals surface area (Å²) < 4.78 is 0. The van der Waals surface area contributed by atoms with Gasteiger partial charge in [0.1, 0.15) is 24.2 Å². The van der Waals surface area contributed by atoms with Crippen LogP contribution in [0.2, 0.25) is 0 Å². The van der Waals surface area contributed by atoms with E-state index in [4.69, 9.17) is 33.3 Å². The maximum absolute atomic E-state index is 12.9. The van der Waals surface area contributed by atoms with Gasteiger partial charge in [-0.2, -0.15) is 0 Å². The normalized spacial score (nSPS) is 14.2. The van der Waals surface area contributed by atoms with Crippen molar-refractivity contribution >= 4 is 52.8 Å². The zero-order valence-electron chi connectivity index (χ0n) is 19.4. The summed E-state index contributed by atoms with van der Waals surface area (Å²) in [7, 11) is 0. The number of rotatable bonds is 17. The molecule has 0 aliphatic carbocycles. The van der Waals surface area contributed by atoms with Crippen molar-refractivity contribution in [3.8, 4) is 0 Å². The smallest absolute Gasteiger partial charge is 0.305 e. The number of hydrogen-bond donors (Lipinski definition) is 7. The fourth-order valence-corrected chi connectivity index (χ4v) is 2.94. The molecule has 0 aromatic carbocycles. The number of carboxylic acids is 1. The van der Waals surface area contributed by atoms with E-state index >= 15 is 0 Å². The number of Topliss-reactive ketones (excluding diaryl/α,β-unsaturated/α-hetero) is 2. The van der Waals surface area contributed by atoms with E-state index in [9.17, 15) is 33.6 Å². The van der Waals surface area contributed by atoms with Crippen LogP contribution in [0, 0.1) is 5.92 Å². The van der Waals surface area contributed by atoms with E-state index in [2.05, 4.69) is 16.0 Å². The first-order valence-electron chi connectivity index (χ1n) is 10.6. The maximum atomic E-state index is 12.9. The molecule has 0 unspecified atom stereocenters. The Balaban J connectivity index is 5.74. The van der Waals surface area contributed by atoms with Gasteiger partial charge in [0.05, 0.1) is 18.9 Å². The number of aliphatic hydroxyl groups is 1. The summed E-state index contributed by atoms with van der Waals surface area (Å²) in [6.07, 6.45) is -1.41. The maximum Gasteiger partial charge on any atom is 0.305 e.